The van der Waals surface area contributed by atoms with E-state index in [0.717, 1.165) is 55.0 Å². The first-order valence-corrected chi connectivity index (χ1v) is 49.9. The van der Waals surface area contributed by atoms with Crippen molar-refractivity contribution in [1.29, 1.82) is 0 Å². The number of nitrogens with zero attached hydrogens (tertiary/aromatic N) is 1. The SMILES string of the molecule is COc1ccc(OC2OC(COCc3ccccc3)C(OC3OC4COC(c5ccccc5)OC4C(OCc4ccccc4)C3OCc3ccccc3)C(OC3OC(C)C(OCc4ccccc4)C(OC4OC(C)C(OCc5ccccc5)C(OCc5ccccc5)C4OC4OC(C)C(OCc5ccccc5)C(OC(=O)CCl)C4OCc4ccccc4)C3OCc3ccccc3)C2N2C(=O)c3ccccc3C2=O)cc1. The van der Waals surface area contributed by atoms with Crippen molar-refractivity contribution >= 4 is 29.4 Å². The summed E-state index contributed by atoms with van der Waals surface area (Å²) in [6, 6.07) is 108. The lowest BCUT2D eigenvalue weighted by molar-refractivity contribution is -0.409. The highest BCUT2D eigenvalue weighted by molar-refractivity contribution is 6.26. The van der Waals surface area contributed by atoms with Crippen molar-refractivity contribution in [2.45, 2.75) is 240 Å². The van der Waals surface area contributed by atoms with Crippen LogP contribution in [0.25, 0.3) is 0 Å². The van der Waals surface area contributed by atoms with Crippen LogP contribution in [-0.4, -0.2) is 202 Å². The number of methoxy groups -OCH3 is 1. The summed E-state index contributed by atoms with van der Waals surface area (Å²) in [6.07, 6.45) is -32.0. The molecular formula is C117H120ClNO26. The largest absolute Gasteiger partial charge is 0.497 e. The molecule has 0 aliphatic carbocycles. The number of hydrogen-bond donors (Lipinski definition) is 0. The van der Waals surface area contributed by atoms with Gasteiger partial charge in [0.2, 0.25) is 6.29 Å². The Bertz CT molecular complexity index is 5950. The molecule has 6 fully saturated rings. The van der Waals surface area contributed by atoms with Crippen molar-refractivity contribution in [3.63, 3.8) is 0 Å². The Morgan fingerprint density at radius 2 is 0.641 bits per heavy atom. The molecule has 145 heavy (non-hydrogen) atoms. The maximum absolute atomic E-state index is 16.4. The standard InChI is InChI=1S/C117H120ClNO26/c1-75-96(125-65-79-39-17-6-18-40-79)102(128-68-82-45-23-9-24-46-82)109(145-115-107(131-71-85-51-29-12-30-52-85)104(140-94(120)63-118)97(76(2)135-115)126-66-80-41-19-7-20-42-80)117(136-75)144-105-98(127-67-81-43-21-8-22-44-81)77(3)134-114(108(105)132-72-86-53-31-13-32-54-86)143-101-95(119-110(121)90-57-35-36-58-91(90)111(119)122)113(137-89-61-59-88(123-4)60-62-89)138-92(73-124-64-78-37-15-5-16-38-78)99(101)142-116-106(130-70-84-49-27-11-28-50-84)103(129-69-83-47-25-10-26-48-83)100-93(139-116)74-133-112(141-100)87-55-33-14-34-56-87/h5-62,75-77,92-93,95-109,112-117H,63-74H2,1-4H3. The fraction of sp³-hybridized carbons (Fsp3) is 0.359. The minimum Gasteiger partial charge on any atom is -0.497 e. The topological polar surface area (TPSA) is 267 Å². The van der Waals surface area contributed by atoms with Crippen LogP contribution < -0.4 is 9.47 Å². The number of carbonyl (C=O) groups excluding carboxylic acids is 3. The first-order valence-electron chi connectivity index (χ1n) is 49.4. The van der Waals surface area contributed by atoms with E-state index in [1.165, 1.54) is 0 Å². The highest BCUT2D eigenvalue weighted by atomic mass is 35.5. The number of ether oxygens (including phenoxy) is 23. The van der Waals surface area contributed by atoms with Gasteiger partial charge < -0.3 is 109 Å². The van der Waals surface area contributed by atoms with E-state index in [1.54, 1.807) is 55.6 Å². The van der Waals surface area contributed by atoms with Gasteiger partial charge in [0.25, 0.3) is 11.8 Å². The van der Waals surface area contributed by atoms with Gasteiger partial charge in [-0.25, -0.2) is 0 Å². The first-order chi connectivity index (χ1) is 71.3. The van der Waals surface area contributed by atoms with E-state index in [0.29, 0.717) is 11.3 Å². The van der Waals surface area contributed by atoms with Crippen molar-refractivity contribution in [1.82, 2.24) is 4.90 Å². The highest BCUT2D eigenvalue weighted by Gasteiger charge is 2.63. The predicted molar refractivity (Wildman–Crippen MR) is 531 cm³/mol. The second kappa shape index (κ2) is 50.2. The number of benzene rings is 12. The molecule has 6 saturated heterocycles. The van der Waals surface area contributed by atoms with Gasteiger partial charge in [-0.3, -0.25) is 19.3 Å². The molecule has 0 saturated carbocycles. The average Bonchev–Trinajstić information content (AvgIpc) is 1.65. The maximum Gasteiger partial charge on any atom is 0.321 e. The highest BCUT2D eigenvalue weighted by Crippen LogP contribution is 2.46. The number of imide groups is 1. The number of rotatable bonds is 43. The quantitative estimate of drug-likeness (QED) is 0.0195. The van der Waals surface area contributed by atoms with Crippen LogP contribution in [0.4, 0.5) is 0 Å². The van der Waals surface area contributed by atoms with Crippen LogP contribution in [0.2, 0.25) is 0 Å². The molecule has 756 valence electrons. The molecule has 0 bridgehead atoms. The molecule has 7 aliphatic heterocycles. The van der Waals surface area contributed by atoms with E-state index in [4.69, 9.17) is 121 Å². The summed E-state index contributed by atoms with van der Waals surface area (Å²) in [5, 5.41) is 0. The van der Waals surface area contributed by atoms with E-state index >= 15 is 9.59 Å². The van der Waals surface area contributed by atoms with Gasteiger partial charge in [-0.2, -0.15) is 0 Å². The smallest absolute Gasteiger partial charge is 0.321 e. The number of alkyl halides is 1. The van der Waals surface area contributed by atoms with Crippen LogP contribution in [0, 0.1) is 0 Å². The summed E-state index contributed by atoms with van der Waals surface area (Å²) in [5.41, 5.74) is 8.15. The third-order valence-corrected chi connectivity index (χ3v) is 27.0. The molecule has 19 rings (SSSR count). The molecule has 27 nitrogen and oxygen atoms in total. The molecule has 7 heterocycles. The minimum absolute atomic E-state index is 0.000397. The van der Waals surface area contributed by atoms with Crippen LogP contribution in [0.15, 0.2) is 352 Å². The molecule has 0 aromatic heterocycles. The lowest BCUT2D eigenvalue weighted by atomic mass is 9.92. The zero-order chi connectivity index (χ0) is 99.2. The minimum atomic E-state index is -1.73. The Morgan fingerprint density at radius 1 is 0.317 bits per heavy atom. The predicted octanol–water partition coefficient (Wildman–Crippen LogP) is 18.1. The number of halogens is 1. The third-order valence-electron chi connectivity index (χ3n) is 26.8. The van der Waals surface area contributed by atoms with Crippen molar-refractivity contribution in [3.05, 3.63) is 419 Å². The monoisotopic (exact) mass is 1990 g/mol. The van der Waals surface area contributed by atoms with Crippen molar-refractivity contribution < 1.29 is 123 Å². The van der Waals surface area contributed by atoms with Gasteiger partial charge in [0.1, 0.15) is 115 Å². The summed E-state index contributed by atoms with van der Waals surface area (Å²) < 4.78 is 169. The van der Waals surface area contributed by atoms with Gasteiger partial charge in [-0.1, -0.05) is 315 Å². The number of fused-ring (bicyclic) bond motifs is 2. The van der Waals surface area contributed by atoms with Crippen LogP contribution in [0.5, 0.6) is 11.5 Å². The van der Waals surface area contributed by atoms with Gasteiger partial charge in [0, 0.05) is 5.56 Å². The van der Waals surface area contributed by atoms with Gasteiger partial charge in [-0.15, -0.1) is 11.6 Å². The second-order valence-corrected chi connectivity index (χ2v) is 37.0. The fourth-order valence-corrected chi connectivity index (χ4v) is 19.6. The lowest BCUT2D eigenvalue weighted by Crippen LogP contribution is -2.71. The number of amides is 2. The molecule has 0 radical (unpaired) electrons. The zero-order valence-corrected chi connectivity index (χ0v) is 81.7. The molecule has 26 atom stereocenters. The first kappa shape index (κ1) is 102. The molecule has 7 aliphatic rings. The Labute approximate surface area is 849 Å². The van der Waals surface area contributed by atoms with Crippen molar-refractivity contribution in [3.8, 4) is 11.5 Å². The second-order valence-electron chi connectivity index (χ2n) is 36.8. The maximum atomic E-state index is 16.4. The van der Waals surface area contributed by atoms with Gasteiger partial charge in [0.15, 0.2) is 37.6 Å². The van der Waals surface area contributed by atoms with E-state index in [1.807, 2.05) is 324 Å². The molecule has 12 aromatic carbocycles. The summed E-state index contributed by atoms with van der Waals surface area (Å²) in [4.78, 5) is 48.1. The summed E-state index contributed by atoms with van der Waals surface area (Å²) in [5.74, 6) is -1.99. The number of hydrogen-bond acceptors (Lipinski definition) is 26. The lowest BCUT2D eigenvalue weighted by Gasteiger charge is -2.54. The Balaban J connectivity index is 0.786. The van der Waals surface area contributed by atoms with Gasteiger partial charge in [-0.05, 0) is 107 Å². The third kappa shape index (κ3) is 25.6. The van der Waals surface area contributed by atoms with Crippen LogP contribution in [0.1, 0.15) is 103 Å². The average molecular weight is 1990 g/mol. The van der Waals surface area contributed by atoms with Crippen LogP contribution in [-0.2, 0) is 164 Å². The Kier molecular flexibility index (Phi) is 35.3. The van der Waals surface area contributed by atoms with E-state index in [-0.39, 0.29) is 89.6 Å². The normalized spacial score (nSPS) is 28.8. The van der Waals surface area contributed by atoms with Crippen molar-refractivity contribution in [2.24, 2.45) is 0 Å². The molecular weight excluding hydrogens is 1870 g/mol. The molecule has 0 spiro atoms. The van der Waals surface area contributed by atoms with Crippen molar-refractivity contribution in [2.75, 3.05) is 26.2 Å². The Hall–Kier alpha value is -11.7. The van der Waals surface area contributed by atoms with Crippen LogP contribution >= 0.6 is 11.6 Å². The van der Waals surface area contributed by atoms with Gasteiger partial charge >= 0.3 is 5.97 Å². The molecule has 0 N–H and O–H groups in total. The summed E-state index contributed by atoms with van der Waals surface area (Å²) >= 11 is 6.48. The Morgan fingerprint density at radius 3 is 1.06 bits per heavy atom. The molecule has 2 amide bonds. The number of esters is 1. The fourth-order valence-electron chi connectivity index (χ4n) is 19.5. The van der Waals surface area contributed by atoms with Crippen LogP contribution in [0.3, 0.4) is 0 Å². The summed E-state index contributed by atoms with van der Waals surface area (Å²) in [6.45, 7) is 5.30. The van der Waals surface area contributed by atoms with E-state index in [2.05, 4.69) is 0 Å². The summed E-state index contributed by atoms with van der Waals surface area (Å²) in [7, 11) is 1.55. The molecule has 26 unspecified atom stereocenters. The molecule has 28 heteroatoms. The zero-order valence-electron chi connectivity index (χ0n) is 80.9. The number of carbonyl (C=O) groups is 3. The van der Waals surface area contributed by atoms with E-state index in [9.17, 15) is 4.79 Å². The molecule has 12 aromatic rings. The van der Waals surface area contributed by atoms with E-state index < -0.39 is 183 Å². The van der Waals surface area contributed by atoms with Gasteiger partial charge in [0.05, 0.1) is 109 Å².